The maximum Gasteiger partial charge on any atom is 0.137 e. The summed E-state index contributed by atoms with van der Waals surface area (Å²) in [7, 11) is 0. The highest BCUT2D eigenvalue weighted by atomic mass is 15.0. The Balaban J connectivity index is 1.92. The maximum atomic E-state index is 4.71. The monoisotopic (exact) mass is 252 g/mol. The normalized spacial score (nSPS) is 15.5. The first-order valence-corrected chi connectivity index (χ1v) is 7.10. The van der Waals surface area contributed by atoms with Gasteiger partial charge in [-0.2, -0.15) is 0 Å². The van der Waals surface area contributed by atoms with Crippen LogP contribution in [0.25, 0.3) is 11.2 Å². The fourth-order valence-electron chi connectivity index (χ4n) is 2.68. The van der Waals surface area contributed by atoms with Gasteiger partial charge >= 0.3 is 0 Å². The van der Waals surface area contributed by atoms with Crippen molar-refractivity contribution in [2.75, 3.05) is 0 Å². The van der Waals surface area contributed by atoms with Gasteiger partial charge in [0.25, 0.3) is 0 Å². The van der Waals surface area contributed by atoms with Crippen molar-refractivity contribution in [3.63, 3.8) is 0 Å². The van der Waals surface area contributed by atoms with Crippen molar-refractivity contribution in [3.8, 4) is 0 Å². The number of imidazole rings is 1. The molecule has 2 heterocycles. The third-order valence-corrected chi connectivity index (χ3v) is 3.73. The second-order valence-corrected chi connectivity index (χ2v) is 5.36. The van der Waals surface area contributed by atoms with Crippen molar-refractivity contribution >= 4 is 11.2 Å². The number of aromatic nitrogens is 2. The highest BCUT2D eigenvalue weighted by molar-refractivity contribution is 5.68. The van der Waals surface area contributed by atoms with Crippen molar-refractivity contribution in [2.24, 2.45) is 0 Å². The van der Waals surface area contributed by atoms with Gasteiger partial charge in [0.1, 0.15) is 5.65 Å². The summed E-state index contributed by atoms with van der Waals surface area (Å²) in [6.07, 6.45) is 13.6. The van der Waals surface area contributed by atoms with Gasteiger partial charge < -0.3 is 4.40 Å². The van der Waals surface area contributed by atoms with Gasteiger partial charge in [-0.25, -0.2) is 4.98 Å². The first kappa shape index (κ1) is 12.2. The Hall–Kier alpha value is -1.83. The molecule has 0 bridgehead atoms. The average Bonchev–Trinajstić information content (AvgIpc) is 2.83. The quantitative estimate of drug-likeness (QED) is 0.783. The zero-order chi connectivity index (χ0) is 13.2. The Morgan fingerprint density at radius 2 is 2.05 bits per heavy atom. The summed E-state index contributed by atoms with van der Waals surface area (Å²) in [4.78, 5) is 4.71. The lowest BCUT2D eigenvalue weighted by Gasteiger charge is -2.12. The molecule has 0 spiro atoms. The van der Waals surface area contributed by atoms with Crippen LogP contribution in [-0.2, 0) is 0 Å². The minimum absolute atomic E-state index is 1.03. The predicted octanol–water partition coefficient (Wildman–Crippen LogP) is 4.55. The molecule has 0 amide bonds. The van der Waals surface area contributed by atoms with E-state index < -0.39 is 0 Å². The maximum absolute atomic E-state index is 4.71. The molecule has 0 saturated carbocycles. The van der Waals surface area contributed by atoms with Crippen molar-refractivity contribution in [1.82, 2.24) is 9.38 Å². The smallest absolute Gasteiger partial charge is 0.137 e. The molecule has 3 rings (SSSR count). The molecule has 0 fully saturated rings. The van der Waals surface area contributed by atoms with Crippen LogP contribution >= 0.6 is 0 Å². The summed E-state index contributed by atoms with van der Waals surface area (Å²) in [6, 6.07) is 4.20. The Morgan fingerprint density at radius 3 is 2.79 bits per heavy atom. The topological polar surface area (TPSA) is 17.3 Å². The minimum atomic E-state index is 1.03. The first-order chi connectivity index (χ1) is 9.26. The summed E-state index contributed by atoms with van der Waals surface area (Å²) < 4.78 is 2.12. The molecule has 1 aliphatic rings. The molecule has 2 aromatic heterocycles. The third-order valence-electron chi connectivity index (χ3n) is 3.73. The zero-order valence-corrected chi connectivity index (χ0v) is 11.7. The average molecular weight is 252 g/mol. The van der Waals surface area contributed by atoms with E-state index in [9.17, 15) is 0 Å². The number of aryl methyl sites for hydroxylation is 1. The SMILES string of the molecule is CCCC1=CC=C(c2cn3cc(C)ccc3n2)CC1. The van der Waals surface area contributed by atoms with Crippen LogP contribution in [0.4, 0.5) is 0 Å². The lowest BCUT2D eigenvalue weighted by atomic mass is 9.94. The van der Waals surface area contributed by atoms with Crippen LogP contribution in [0.1, 0.15) is 43.9 Å². The van der Waals surface area contributed by atoms with E-state index >= 15 is 0 Å². The molecule has 2 aromatic rings. The van der Waals surface area contributed by atoms with Gasteiger partial charge in [0.2, 0.25) is 0 Å². The summed E-state index contributed by atoms with van der Waals surface area (Å²) >= 11 is 0. The number of allylic oxidation sites excluding steroid dienone is 4. The molecule has 0 saturated heterocycles. The Bertz CT molecular complexity index is 659. The number of nitrogens with zero attached hydrogens (tertiary/aromatic N) is 2. The van der Waals surface area contributed by atoms with E-state index in [1.807, 2.05) is 0 Å². The van der Waals surface area contributed by atoms with Crippen LogP contribution in [-0.4, -0.2) is 9.38 Å². The van der Waals surface area contributed by atoms with Gasteiger partial charge in [0, 0.05) is 12.4 Å². The molecule has 0 N–H and O–H groups in total. The molecule has 0 aromatic carbocycles. The second-order valence-electron chi connectivity index (χ2n) is 5.36. The van der Waals surface area contributed by atoms with Crippen molar-refractivity contribution in [1.29, 1.82) is 0 Å². The minimum Gasteiger partial charge on any atom is -0.306 e. The molecular weight excluding hydrogens is 232 g/mol. The molecule has 2 heteroatoms. The van der Waals surface area contributed by atoms with E-state index in [1.54, 1.807) is 5.57 Å². The van der Waals surface area contributed by atoms with Crippen LogP contribution in [0.3, 0.4) is 0 Å². The standard InChI is InChI=1S/C17H20N2/c1-3-4-14-6-8-15(9-7-14)16-12-19-11-13(2)5-10-17(19)18-16/h5-6,8,10-12H,3-4,7,9H2,1-2H3. The molecule has 0 unspecified atom stereocenters. The fraction of sp³-hybridized carbons (Fsp3) is 0.353. The summed E-state index contributed by atoms with van der Waals surface area (Å²) in [5, 5.41) is 0. The van der Waals surface area contributed by atoms with Crippen molar-refractivity contribution < 1.29 is 0 Å². The number of fused-ring (bicyclic) bond motifs is 1. The Morgan fingerprint density at radius 1 is 1.16 bits per heavy atom. The van der Waals surface area contributed by atoms with Gasteiger partial charge in [-0.1, -0.05) is 37.1 Å². The number of pyridine rings is 1. The van der Waals surface area contributed by atoms with Crippen molar-refractivity contribution in [2.45, 2.75) is 39.5 Å². The van der Waals surface area contributed by atoms with Gasteiger partial charge in [-0.05, 0) is 43.4 Å². The van der Waals surface area contributed by atoms with E-state index in [4.69, 9.17) is 4.98 Å². The number of rotatable bonds is 3. The largest absolute Gasteiger partial charge is 0.306 e. The van der Waals surface area contributed by atoms with Crippen LogP contribution in [0.15, 0.2) is 42.3 Å². The molecular formula is C17H20N2. The van der Waals surface area contributed by atoms with Crippen LogP contribution in [0.2, 0.25) is 0 Å². The number of hydrogen-bond acceptors (Lipinski definition) is 1. The van der Waals surface area contributed by atoms with E-state index in [-0.39, 0.29) is 0 Å². The molecule has 0 radical (unpaired) electrons. The lowest BCUT2D eigenvalue weighted by molar-refractivity contribution is 0.826. The fourth-order valence-corrected chi connectivity index (χ4v) is 2.68. The van der Waals surface area contributed by atoms with Crippen LogP contribution in [0.5, 0.6) is 0 Å². The summed E-state index contributed by atoms with van der Waals surface area (Å²) in [6.45, 7) is 4.35. The summed E-state index contributed by atoms with van der Waals surface area (Å²) in [5.74, 6) is 0. The molecule has 1 aliphatic carbocycles. The van der Waals surface area contributed by atoms with Gasteiger partial charge in [-0.15, -0.1) is 0 Å². The van der Waals surface area contributed by atoms with Crippen molar-refractivity contribution in [3.05, 3.63) is 53.5 Å². The summed E-state index contributed by atoms with van der Waals surface area (Å²) in [5.41, 5.74) is 6.36. The molecule has 0 atom stereocenters. The van der Waals surface area contributed by atoms with E-state index in [1.165, 1.54) is 30.4 Å². The molecule has 19 heavy (non-hydrogen) atoms. The Labute approximate surface area is 114 Å². The van der Waals surface area contributed by atoms with Gasteiger partial charge in [-0.3, -0.25) is 0 Å². The number of hydrogen-bond donors (Lipinski definition) is 0. The van der Waals surface area contributed by atoms with Gasteiger partial charge in [0.05, 0.1) is 5.69 Å². The van der Waals surface area contributed by atoms with E-state index in [0.29, 0.717) is 0 Å². The second kappa shape index (κ2) is 5.04. The first-order valence-electron chi connectivity index (χ1n) is 7.10. The van der Waals surface area contributed by atoms with E-state index in [2.05, 4.69) is 54.9 Å². The van der Waals surface area contributed by atoms with Crippen LogP contribution < -0.4 is 0 Å². The molecule has 98 valence electrons. The lowest BCUT2D eigenvalue weighted by Crippen LogP contribution is -1.93. The molecule has 2 nitrogen and oxygen atoms in total. The van der Waals surface area contributed by atoms with Crippen LogP contribution in [0, 0.1) is 6.92 Å². The Kier molecular flexibility index (Phi) is 3.24. The van der Waals surface area contributed by atoms with E-state index in [0.717, 1.165) is 17.8 Å². The predicted molar refractivity (Wildman–Crippen MR) is 80.1 cm³/mol. The zero-order valence-electron chi connectivity index (χ0n) is 11.7. The van der Waals surface area contributed by atoms with Gasteiger partial charge in [0.15, 0.2) is 0 Å². The highest BCUT2D eigenvalue weighted by Gasteiger charge is 2.11. The highest BCUT2D eigenvalue weighted by Crippen LogP contribution is 2.28. The molecule has 0 aliphatic heterocycles. The third kappa shape index (κ3) is 2.48.